The number of hydrogen-bond donors (Lipinski definition) is 2. The van der Waals surface area contributed by atoms with Crippen molar-refractivity contribution in [2.75, 3.05) is 14.1 Å². The van der Waals surface area contributed by atoms with Crippen LogP contribution < -0.4 is 20.8 Å². The molecule has 4 N–H and O–H groups in total. The first-order valence-electron chi connectivity index (χ1n) is 10.8. The van der Waals surface area contributed by atoms with Crippen molar-refractivity contribution in [3.8, 4) is 0 Å². The van der Waals surface area contributed by atoms with Crippen molar-refractivity contribution < 1.29 is 30.4 Å². The minimum absolute atomic E-state index is 0.708. The van der Waals surface area contributed by atoms with Gasteiger partial charge in [0.1, 0.15) is 11.4 Å². The Morgan fingerprint density at radius 1 is 0.588 bits per heavy atom. The van der Waals surface area contributed by atoms with Gasteiger partial charge in [0.2, 0.25) is 0 Å². The van der Waals surface area contributed by atoms with E-state index in [9.17, 15) is 19.8 Å². The molecule has 0 aliphatic carbocycles. The fourth-order valence-corrected chi connectivity index (χ4v) is 3.27. The Hall–Kier alpha value is -4.26. The monoisotopic (exact) mass is 456 g/mol. The smallest absolute Gasteiger partial charge is 0.137 e. The molecule has 0 amide bonds. The van der Waals surface area contributed by atoms with Crippen molar-refractivity contribution in [3.63, 3.8) is 0 Å². The van der Waals surface area contributed by atoms with Crippen LogP contribution in [0.4, 0.5) is 11.4 Å². The summed E-state index contributed by atoms with van der Waals surface area (Å²) in [5.74, 6) is -2.74. The second-order valence-electron chi connectivity index (χ2n) is 7.07. The Morgan fingerprint density at radius 3 is 1.29 bits per heavy atom. The van der Waals surface area contributed by atoms with Crippen molar-refractivity contribution in [2.45, 2.75) is 0 Å². The van der Waals surface area contributed by atoms with Crippen LogP contribution in [0.25, 0.3) is 21.5 Å². The number of nitrogens with two attached hydrogens (primary N) is 2. The summed E-state index contributed by atoms with van der Waals surface area (Å²) in [5, 5.41) is 28.9. The predicted octanol–water partition coefficient (Wildman–Crippen LogP) is 0.928. The zero-order valence-corrected chi connectivity index (χ0v) is 19.2. The van der Waals surface area contributed by atoms with Gasteiger partial charge in [0.15, 0.2) is 0 Å². The molecular weight excluding hydrogens is 428 g/mol. The molecule has 0 radical (unpaired) electrons. The summed E-state index contributed by atoms with van der Waals surface area (Å²) in [6.45, 7) is 0. The van der Waals surface area contributed by atoms with Crippen molar-refractivity contribution in [3.05, 3.63) is 109 Å². The molecule has 34 heavy (non-hydrogen) atoms. The lowest BCUT2D eigenvalue weighted by Gasteiger charge is -1.99. The minimum atomic E-state index is -1.37. The largest absolute Gasteiger partial charge is 0.545 e. The molecule has 0 atom stereocenters. The van der Waals surface area contributed by atoms with Crippen LogP contribution in [-0.4, -0.2) is 26.0 Å². The Balaban J connectivity index is 0.000000182. The maximum absolute atomic E-state index is 9.65. The molecule has 0 unspecified atom stereocenters. The number of carbonyl (C=O) groups is 2. The Kier molecular flexibility index (Phi) is 10.7. The van der Waals surface area contributed by atoms with Crippen LogP contribution in [0.15, 0.2) is 109 Å². The molecule has 6 nitrogen and oxygen atoms in total. The lowest BCUT2D eigenvalue weighted by Crippen LogP contribution is -2.72. The summed E-state index contributed by atoms with van der Waals surface area (Å²) < 4.78 is 0. The molecule has 0 spiro atoms. The van der Waals surface area contributed by atoms with Crippen LogP contribution in [0.1, 0.15) is 0 Å². The number of fused-ring (bicyclic) bond motifs is 2. The molecule has 0 heterocycles. The maximum atomic E-state index is 9.65. The number of benzene rings is 4. The van der Waals surface area contributed by atoms with Gasteiger partial charge < -0.3 is 30.4 Å². The van der Waals surface area contributed by atoms with Gasteiger partial charge in [-0.25, -0.2) is 0 Å². The van der Waals surface area contributed by atoms with Gasteiger partial charge in [0.05, 0.1) is 26.0 Å². The first-order valence-corrected chi connectivity index (χ1v) is 10.8. The van der Waals surface area contributed by atoms with Crippen molar-refractivity contribution in [1.29, 1.82) is 0 Å². The average Bonchev–Trinajstić information content (AvgIpc) is 2.86. The number of carboxylic acid groups (broad SMARTS) is 2. The van der Waals surface area contributed by atoms with E-state index >= 15 is 0 Å². The van der Waals surface area contributed by atoms with Gasteiger partial charge in [0, 0.05) is 10.8 Å². The Labute approximate surface area is 198 Å². The summed E-state index contributed by atoms with van der Waals surface area (Å²) >= 11 is 0. The van der Waals surface area contributed by atoms with Crippen molar-refractivity contribution >= 4 is 44.9 Å². The predicted molar refractivity (Wildman–Crippen MR) is 131 cm³/mol. The van der Waals surface area contributed by atoms with Gasteiger partial charge in [-0.3, -0.25) is 0 Å². The van der Waals surface area contributed by atoms with E-state index in [1.54, 1.807) is 0 Å². The maximum Gasteiger partial charge on any atom is 0.137 e. The molecule has 0 aromatic heterocycles. The summed E-state index contributed by atoms with van der Waals surface area (Å²) in [6.07, 6.45) is 3.48. The second-order valence-corrected chi connectivity index (χ2v) is 7.07. The van der Waals surface area contributed by atoms with Crippen LogP contribution in [0.3, 0.4) is 0 Å². The molecule has 4 aromatic carbocycles. The molecule has 0 fully saturated rings. The van der Waals surface area contributed by atoms with E-state index in [0.29, 0.717) is 12.2 Å². The van der Waals surface area contributed by atoms with E-state index in [4.69, 9.17) is 0 Å². The van der Waals surface area contributed by atoms with Gasteiger partial charge >= 0.3 is 0 Å². The number of allylic oxidation sites excluding steroid dienone is 2. The molecule has 4 rings (SSSR count). The highest BCUT2D eigenvalue weighted by molar-refractivity contribution is 5.91. The molecule has 0 saturated carbocycles. The third-order valence-electron chi connectivity index (χ3n) is 4.84. The number of rotatable bonds is 5. The molecule has 4 aromatic rings. The van der Waals surface area contributed by atoms with Crippen LogP contribution in [0.2, 0.25) is 0 Å². The summed E-state index contributed by atoms with van der Waals surface area (Å²) in [5.41, 5.74) is 2.63. The standard InChI is InChI=1S/2C11H11N.C6H6O4/c2*1-12-11-8-4-6-9-5-2-3-7-10(9)11;7-5(8)3-1-2-4-6(9)10/h2*2-8,12H,1H3;1-4H,(H,7,8)(H,9,10)/b;;3-1-,4-2+. The van der Waals surface area contributed by atoms with E-state index in [0.717, 1.165) is 12.2 Å². The highest BCUT2D eigenvalue weighted by Crippen LogP contribution is 2.19. The molecule has 174 valence electrons. The van der Waals surface area contributed by atoms with E-state index in [2.05, 4.69) is 110 Å². The third kappa shape index (κ3) is 8.35. The summed E-state index contributed by atoms with van der Waals surface area (Å²) in [4.78, 5) is 19.3. The van der Waals surface area contributed by atoms with Crippen LogP contribution in [0, 0.1) is 0 Å². The van der Waals surface area contributed by atoms with Crippen molar-refractivity contribution in [2.24, 2.45) is 0 Å². The molecular formula is C28H28N2O4. The first-order chi connectivity index (χ1) is 16.5. The van der Waals surface area contributed by atoms with Crippen LogP contribution >= 0.6 is 0 Å². The van der Waals surface area contributed by atoms with Gasteiger partial charge in [-0.15, -0.1) is 0 Å². The highest BCUT2D eigenvalue weighted by atomic mass is 16.4. The molecule has 0 bridgehead atoms. The summed E-state index contributed by atoms with van der Waals surface area (Å²) in [6, 6.07) is 29.7. The highest BCUT2D eigenvalue weighted by Gasteiger charge is 2.00. The first kappa shape index (κ1) is 26.0. The third-order valence-corrected chi connectivity index (χ3v) is 4.84. The second kappa shape index (κ2) is 14.0. The fourth-order valence-electron chi connectivity index (χ4n) is 3.27. The van der Waals surface area contributed by atoms with E-state index < -0.39 is 11.9 Å². The zero-order chi connectivity index (χ0) is 24.8. The van der Waals surface area contributed by atoms with E-state index in [-0.39, 0.29) is 0 Å². The van der Waals surface area contributed by atoms with Gasteiger partial charge in [0.25, 0.3) is 0 Å². The Bertz CT molecular complexity index is 1180. The van der Waals surface area contributed by atoms with Gasteiger partial charge in [-0.2, -0.15) is 0 Å². The number of quaternary nitrogens is 2. The Morgan fingerprint density at radius 2 is 0.941 bits per heavy atom. The molecule has 6 heteroatoms. The topological polar surface area (TPSA) is 113 Å². The van der Waals surface area contributed by atoms with Gasteiger partial charge in [-0.05, 0) is 47.2 Å². The fraction of sp³-hybridized carbons (Fsp3) is 0.0714. The lowest BCUT2D eigenvalue weighted by atomic mass is 10.1. The lowest BCUT2D eigenvalue weighted by molar-refractivity contribution is -0.538. The minimum Gasteiger partial charge on any atom is -0.545 e. The van der Waals surface area contributed by atoms with E-state index in [1.165, 1.54) is 32.9 Å². The summed E-state index contributed by atoms with van der Waals surface area (Å²) in [7, 11) is 4.14. The zero-order valence-electron chi connectivity index (χ0n) is 19.2. The number of carbonyl (C=O) groups excluding carboxylic acids is 2. The number of aliphatic carboxylic acids is 2. The molecule has 0 saturated heterocycles. The normalized spacial score (nSPS) is 10.5. The number of carboxylic acids is 2. The molecule has 0 aliphatic heterocycles. The average molecular weight is 457 g/mol. The van der Waals surface area contributed by atoms with E-state index in [1.807, 2.05) is 0 Å². The van der Waals surface area contributed by atoms with Gasteiger partial charge in [-0.1, -0.05) is 72.8 Å². The molecule has 0 aliphatic rings. The SMILES string of the molecule is C[NH2+]c1cccc2ccccc12.C[NH2+]c1cccc2ccccc12.O=C([O-])/C=C\C=C\C(=O)[O-]. The van der Waals surface area contributed by atoms with Crippen LogP contribution in [0.5, 0.6) is 0 Å². The van der Waals surface area contributed by atoms with Crippen LogP contribution in [-0.2, 0) is 9.59 Å². The number of hydrogen-bond acceptors (Lipinski definition) is 4. The quantitative estimate of drug-likeness (QED) is 0.264. The van der Waals surface area contributed by atoms with Crippen molar-refractivity contribution in [1.82, 2.24) is 0 Å².